The number of rotatable bonds is 5. The zero-order valence-electron chi connectivity index (χ0n) is 14.2. The largest absolute Gasteiger partial charge is 0.359 e. The Labute approximate surface area is 138 Å². The molecule has 0 spiro atoms. The lowest BCUT2D eigenvalue weighted by Crippen LogP contribution is -2.50. The van der Waals surface area contributed by atoms with Crippen molar-refractivity contribution in [2.24, 2.45) is 5.92 Å². The SMILES string of the molecule is CNC(=O)C1CCN(C(C)C(=O)NC(C)c2ccccc2)CC1. The molecule has 0 saturated carbocycles. The molecule has 1 aliphatic heterocycles. The van der Waals surface area contributed by atoms with E-state index in [0.717, 1.165) is 31.5 Å². The molecule has 23 heavy (non-hydrogen) atoms. The maximum absolute atomic E-state index is 12.5. The van der Waals surface area contributed by atoms with Crippen LogP contribution < -0.4 is 10.6 Å². The number of carbonyl (C=O) groups is 2. The number of hydrogen-bond acceptors (Lipinski definition) is 3. The molecule has 5 heteroatoms. The molecule has 126 valence electrons. The second-order valence-corrected chi connectivity index (χ2v) is 6.24. The van der Waals surface area contributed by atoms with Gasteiger partial charge in [0, 0.05) is 13.0 Å². The molecule has 1 aromatic carbocycles. The summed E-state index contributed by atoms with van der Waals surface area (Å²) in [4.78, 5) is 26.3. The van der Waals surface area contributed by atoms with Crippen molar-refractivity contribution < 1.29 is 9.59 Å². The summed E-state index contributed by atoms with van der Waals surface area (Å²) in [5.41, 5.74) is 1.10. The van der Waals surface area contributed by atoms with E-state index in [4.69, 9.17) is 0 Å². The Morgan fingerprint density at radius 1 is 1.13 bits per heavy atom. The molecule has 2 atom stereocenters. The lowest BCUT2D eigenvalue weighted by molar-refractivity contribution is -0.128. The van der Waals surface area contributed by atoms with E-state index in [0.29, 0.717) is 0 Å². The van der Waals surface area contributed by atoms with E-state index in [2.05, 4.69) is 15.5 Å². The molecule has 1 fully saturated rings. The van der Waals surface area contributed by atoms with Gasteiger partial charge in [-0.15, -0.1) is 0 Å². The number of nitrogens with one attached hydrogen (secondary N) is 2. The van der Waals surface area contributed by atoms with Crippen molar-refractivity contribution in [1.82, 2.24) is 15.5 Å². The van der Waals surface area contributed by atoms with Crippen LogP contribution in [0.1, 0.15) is 38.3 Å². The second kappa shape index (κ2) is 8.11. The third-order valence-electron chi connectivity index (χ3n) is 4.73. The van der Waals surface area contributed by atoms with Gasteiger partial charge < -0.3 is 10.6 Å². The van der Waals surface area contributed by atoms with Crippen molar-refractivity contribution in [1.29, 1.82) is 0 Å². The second-order valence-electron chi connectivity index (χ2n) is 6.24. The van der Waals surface area contributed by atoms with Gasteiger partial charge in [-0.05, 0) is 45.3 Å². The van der Waals surface area contributed by atoms with Crippen LogP contribution in [0, 0.1) is 5.92 Å². The maximum Gasteiger partial charge on any atom is 0.237 e. The molecule has 2 rings (SSSR count). The molecule has 2 N–H and O–H groups in total. The zero-order chi connectivity index (χ0) is 16.8. The molecule has 0 radical (unpaired) electrons. The number of benzene rings is 1. The third kappa shape index (κ3) is 4.55. The lowest BCUT2D eigenvalue weighted by Gasteiger charge is -2.35. The molecule has 1 aliphatic rings. The van der Waals surface area contributed by atoms with E-state index in [1.165, 1.54) is 0 Å². The van der Waals surface area contributed by atoms with Crippen molar-refractivity contribution >= 4 is 11.8 Å². The van der Waals surface area contributed by atoms with E-state index >= 15 is 0 Å². The number of hydrogen-bond donors (Lipinski definition) is 2. The first kappa shape index (κ1) is 17.5. The maximum atomic E-state index is 12.5. The van der Waals surface area contributed by atoms with E-state index in [1.807, 2.05) is 44.2 Å². The Balaban J connectivity index is 1.85. The minimum atomic E-state index is -0.174. The Hall–Kier alpha value is -1.88. The van der Waals surface area contributed by atoms with Gasteiger partial charge in [0.25, 0.3) is 0 Å². The van der Waals surface area contributed by atoms with Crippen molar-refractivity contribution in [3.8, 4) is 0 Å². The van der Waals surface area contributed by atoms with Crippen LogP contribution in [0.25, 0.3) is 0 Å². The fraction of sp³-hybridized carbons (Fsp3) is 0.556. The smallest absolute Gasteiger partial charge is 0.237 e. The van der Waals surface area contributed by atoms with Crippen LogP contribution in [0.15, 0.2) is 30.3 Å². The van der Waals surface area contributed by atoms with Crippen LogP contribution in [0.4, 0.5) is 0 Å². The molecule has 5 nitrogen and oxygen atoms in total. The Morgan fingerprint density at radius 3 is 2.30 bits per heavy atom. The van der Waals surface area contributed by atoms with E-state index < -0.39 is 0 Å². The van der Waals surface area contributed by atoms with Crippen molar-refractivity contribution in [2.45, 2.75) is 38.8 Å². The van der Waals surface area contributed by atoms with E-state index in [-0.39, 0.29) is 29.8 Å². The van der Waals surface area contributed by atoms with Gasteiger partial charge in [0.2, 0.25) is 11.8 Å². The van der Waals surface area contributed by atoms with Crippen molar-refractivity contribution in [3.63, 3.8) is 0 Å². The highest BCUT2D eigenvalue weighted by Gasteiger charge is 2.29. The Kier molecular flexibility index (Phi) is 6.16. The van der Waals surface area contributed by atoms with Crippen LogP contribution in [-0.2, 0) is 9.59 Å². The molecular formula is C18H27N3O2. The molecule has 2 unspecified atom stereocenters. The normalized spacial score (nSPS) is 18.9. The number of carbonyl (C=O) groups excluding carboxylic acids is 2. The van der Waals surface area contributed by atoms with Crippen LogP contribution >= 0.6 is 0 Å². The lowest BCUT2D eigenvalue weighted by atomic mass is 9.95. The predicted octanol–water partition coefficient (Wildman–Crippen LogP) is 1.71. The van der Waals surface area contributed by atoms with Crippen LogP contribution in [-0.4, -0.2) is 42.9 Å². The van der Waals surface area contributed by atoms with Crippen LogP contribution in [0.3, 0.4) is 0 Å². The van der Waals surface area contributed by atoms with Gasteiger partial charge in [-0.25, -0.2) is 0 Å². The fourth-order valence-electron chi connectivity index (χ4n) is 3.08. The summed E-state index contributed by atoms with van der Waals surface area (Å²) >= 11 is 0. The third-order valence-corrected chi connectivity index (χ3v) is 4.73. The summed E-state index contributed by atoms with van der Waals surface area (Å²) in [5.74, 6) is 0.231. The van der Waals surface area contributed by atoms with Crippen molar-refractivity contribution in [2.75, 3.05) is 20.1 Å². The average Bonchev–Trinajstić information content (AvgIpc) is 2.61. The summed E-state index contributed by atoms with van der Waals surface area (Å²) in [6.45, 7) is 5.50. The van der Waals surface area contributed by atoms with Gasteiger partial charge in [0.15, 0.2) is 0 Å². The van der Waals surface area contributed by atoms with Crippen LogP contribution in [0.5, 0.6) is 0 Å². The molecule has 2 amide bonds. The summed E-state index contributed by atoms with van der Waals surface area (Å²) in [6.07, 6.45) is 1.62. The first-order valence-electron chi connectivity index (χ1n) is 8.34. The summed E-state index contributed by atoms with van der Waals surface area (Å²) in [6, 6.07) is 9.78. The summed E-state index contributed by atoms with van der Waals surface area (Å²) in [7, 11) is 1.68. The minimum Gasteiger partial charge on any atom is -0.359 e. The monoisotopic (exact) mass is 317 g/mol. The average molecular weight is 317 g/mol. The van der Waals surface area contributed by atoms with Gasteiger partial charge in [-0.1, -0.05) is 30.3 Å². The number of piperidine rings is 1. The Morgan fingerprint density at radius 2 is 1.74 bits per heavy atom. The molecular weight excluding hydrogens is 290 g/mol. The van der Waals surface area contributed by atoms with Gasteiger partial charge in [0.1, 0.15) is 0 Å². The Bertz CT molecular complexity index is 524. The molecule has 0 aromatic heterocycles. The highest BCUT2D eigenvalue weighted by molar-refractivity contribution is 5.82. The molecule has 1 heterocycles. The number of amides is 2. The number of likely N-dealkylation sites (tertiary alicyclic amines) is 1. The van der Waals surface area contributed by atoms with Gasteiger partial charge in [0.05, 0.1) is 12.1 Å². The highest BCUT2D eigenvalue weighted by Crippen LogP contribution is 2.20. The minimum absolute atomic E-state index is 0.00504. The highest BCUT2D eigenvalue weighted by atomic mass is 16.2. The standard InChI is InChI=1S/C18H27N3O2/c1-13(15-7-5-4-6-8-15)20-17(22)14(2)21-11-9-16(10-12-21)18(23)19-3/h4-8,13-14,16H,9-12H2,1-3H3,(H,19,23)(H,20,22). The van der Waals surface area contributed by atoms with Gasteiger partial charge >= 0.3 is 0 Å². The summed E-state index contributed by atoms with van der Waals surface area (Å²) < 4.78 is 0. The quantitative estimate of drug-likeness (QED) is 0.869. The zero-order valence-corrected chi connectivity index (χ0v) is 14.2. The number of nitrogens with zero attached hydrogens (tertiary/aromatic N) is 1. The molecule has 0 aliphatic carbocycles. The van der Waals surface area contributed by atoms with Gasteiger partial charge in [-0.3, -0.25) is 14.5 Å². The first-order chi connectivity index (χ1) is 11.0. The first-order valence-corrected chi connectivity index (χ1v) is 8.34. The van der Waals surface area contributed by atoms with Crippen LogP contribution in [0.2, 0.25) is 0 Å². The molecule has 0 bridgehead atoms. The van der Waals surface area contributed by atoms with Crippen molar-refractivity contribution in [3.05, 3.63) is 35.9 Å². The fourth-order valence-corrected chi connectivity index (χ4v) is 3.08. The van der Waals surface area contributed by atoms with Gasteiger partial charge in [-0.2, -0.15) is 0 Å². The topological polar surface area (TPSA) is 61.4 Å². The summed E-state index contributed by atoms with van der Waals surface area (Å²) in [5, 5.41) is 5.79. The van der Waals surface area contributed by atoms with E-state index in [1.54, 1.807) is 7.05 Å². The predicted molar refractivity (Wildman–Crippen MR) is 90.8 cm³/mol. The molecule has 1 saturated heterocycles. The molecule has 1 aromatic rings. The van der Waals surface area contributed by atoms with E-state index in [9.17, 15) is 9.59 Å².